The van der Waals surface area contributed by atoms with Crippen LogP contribution in [-0.2, 0) is 0 Å². The molecule has 0 heterocycles. The Labute approximate surface area is 117 Å². The molecule has 0 unspecified atom stereocenters. The highest BCUT2D eigenvalue weighted by atomic mass is 19.1. The predicted octanol–water partition coefficient (Wildman–Crippen LogP) is 3.70. The molecule has 0 aliphatic rings. The Hall–Kier alpha value is -2.36. The Morgan fingerprint density at radius 3 is 2.55 bits per heavy atom. The smallest absolute Gasteiger partial charge is 0.255 e. The van der Waals surface area contributed by atoms with Crippen LogP contribution in [0.25, 0.3) is 0 Å². The van der Waals surface area contributed by atoms with Gasteiger partial charge in [-0.15, -0.1) is 0 Å². The molecule has 0 aromatic heterocycles. The highest BCUT2D eigenvalue weighted by Gasteiger charge is 2.11. The maximum atomic E-state index is 13.2. The third-order valence-electron chi connectivity index (χ3n) is 3.03. The number of benzene rings is 2. The van der Waals surface area contributed by atoms with Crippen LogP contribution >= 0.6 is 0 Å². The number of carbonyl (C=O) groups is 1. The zero-order valence-electron chi connectivity index (χ0n) is 11.7. The Bertz CT molecular complexity index is 653. The largest absolute Gasteiger partial charge is 0.495 e. The minimum atomic E-state index is -0.325. The average Bonchev–Trinajstić information content (AvgIpc) is 2.43. The lowest BCUT2D eigenvalue weighted by Gasteiger charge is -2.11. The van der Waals surface area contributed by atoms with E-state index in [1.165, 1.54) is 18.2 Å². The fourth-order valence-electron chi connectivity index (χ4n) is 1.88. The van der Waals surface area contributed by atoms with Gasteiger partial charge < -0.3 is 10.1 Å². The van der Waals surface area contributed by atoms with Gasteiger partial charge in [0, 0.05) is 5.56 Å². The molecule has 20 heavy (non-hydrogen) atoms. The first-order chi connectivity index (χ1) is 9.51. The Morgan fingerprint density at radius 2 is 1.90 bits per heavy atom. The second-order valence-electron chi connectivity index (χ2n) is 4.62. The van der Waals surface area contributed by atoms with Gasteiger partial charge in [0.25, 0.3) is 5.91 Å². The lowest BCUT2D eigenvalue weighted by molar-refractivity contribution is 0.102. The topological polar surface area (TPSA) is 38.3 Å². The summed E-state index contributed by atoms with van der Waals surface area (Å²) in [6.07, 6.45) is 0. The van der Waals surface area contributed by atoms with E-state index >= 15 is 0 Å². The van der Waals surface area contributed by atoms with Gasteiger partial charge in [-0.05, 0) is 55.3 Å². The van der Waals surface area contributed by atoms with Crippen LogP contribution in [0, 0.1) is 19.7 Å². The van der Waals surface area contributed by atoms with Crippen molar-refractivity contribution >= 4 is 11.6 Å². The van der Waals surface area contributed by atoms with Crippen LogP contribution in [0.15, 0.2) is 36.4 Å². The zero-order chi connectivity index (χ0) is 14.7. The summed E-state index contributed by atoms with van der Waals surface area (Å²) >= 11 is 0. The maximum absolute atomic E-state index is 13.2. The van der Waals surface area contributed by atoms with Gasteiger partial charge in [0.15, 0.2) is 0 Å². The number of ether oxygens (including phenoxy) is 1. The first-order valence-electron chi connectivity index (χ1n) is 6.23. The number of hydrogen-bond donors (Lipinski definition) is 1. The number of hydrogen-bond acceptors (Lipinski definition) is 2. The summed E-state index contributed by atoms with van der Waals surface area (Å²) in [5, 5.41) is 2.77. The van der Waals surface area contributed by atoms with E-state index in [1.54, 1.807) is 20.1 Å². The van der Waals surface area contributed by atoms with Gasteiger partial charge >= 0.3 is 0 Å². The van der Waals surface area contributed by atoms with E-state index in [0.717, 1.165) is 5.56 Å². The van der Waals surface area contributed by atoms with Gasteiger partial charge in [-0.1, -0.05) is 6.07 Å². The zero-order valence-corrected chi connectivity index (χ0v) is 11.7. The van der Waals surface area contributed by atoms with Gasteiger partial charge in [-0.2, -0.15) is 0 Å². The molecule has 0 fully saturated rings. The van der Waals surface area contributed by atoms with Crippen molar-refractivity contribution in [3.8, 4) is 5.75 Å². The number of anilines is 1. The Morgan fingerprint density at radius 1 is 1.15 bits per heavy atom. The molecule has 0 saturated heterocycles. The van der Waals surface area contributed by atoms with Gasteiger partial charge in [0.2, 0.25) is 0 Å². The molecule has 0 spiro atoms. The number of rotatable bonds is 3. The molecule has 2 aromatic carbocycles. The van der Waals surface area contributed by atoms with Gasteiger partial charge in [0.05, 0.1) is 12.8 Å². The third kappa shape index (κ3) is 2.96. The van der Waals surface area contributed by atoms with Crippen molar-refractivity contribution in [3.05, 3.63) is 58.9 Å². The molecule has 3 nitrogen and oxygen atoms in total. The van der Waals surface area contributed by atoms with Crippen molar-refractivity contribution in [1.29, 1.82) is 0 Å². The molecular weight excluding hydrogens is 257 g/mol. The molecule has 0 atom stereocenters. The summed E-state index contributed by atoms with van der Waals surface area (Å²) in [5.41, 5.74) is 2.47. The van der Waals surface area contributed by atoms with E-state index in [4.69, 9.17) is 4.74 Å². The van der Waals surface area contributed by atoms with Crippen molar-refractivity contribution in [3.63, 3.8) is 0 Å². The number of halogens is 1. The first kappa shape index (κ1) is 14.1. The number of methoxy groups -OCH3 is 1. The molecular formula is C16H16FNO2. The standard InChI is InChI=1S/C16H16FNO2/c1-10-4-7-14(15(8-10)20-3)18-16(19)12-5-6-13(17)11(2)9-12/h4-9H,1-3H3,(H,18,19). The fraction of sp³-hybridized carbons (Fsp3) is 0.188. The molecule has 2 aromatic rings. The SMILES string of the molecule is COc1cc(C)ccc1NC(=O)c1ccc(F)c(C)c1. The quantitative estimate of drug-likeness (QED) is 0.926. The second-order valence-corrected chi connectivity index (χ2v) is 4.62. The van der Waals surface area contributed by atoms with Crippen molar-refractivity contribution < 1.29 is 13.9 Å². The number of aryl methyl sites for hydroxylation is 2. The number of carbonyl (C=O) groups excluding carboxylic acids is 1. The predicted molar refractivity (Wildman–Crippen MR) is 76.8 cm³/mol. The van der Waals surface area contributed by atoms with Gasteiger partial charge in [-0.3, -0.25) is 4.79 Å². The van der Waals surface area contributed by atoms with Gasteiger partial charge in [0.1, 0.15) is 11.6 Å². The molecule has 0 aliphatic heterocycles. The molecule has 1 N–H and O–H groups in total. The monoisotopic (exact) mass is 273 g/mol. The molecule has 0 aliphatic carbocycles. The molecule has 2 rings (SSSR count). The average molecular weight is 273 g/mol. The van der Waals surface area contributed by atoms with Crippen LogP contribution in [0.5, 0.6) is 5.75 Å². The van der Waals surface area contributed by atoms with Crippen LogP contribution < -0.4 is 10.1 Å². The van der Waals surface area contributed by atoms with E-state index in [1.807, 2.05) is 19.1 Å². The minimum Gasteiger partial charge on any atom is -0.495 e. The Kier molecular flexibility index (Phi) is 4.03. The number of nitrogens with one attached hydrogen (secondary N) is 1. The first-order valence-corrected chi connectivity index (χ1v) is 6.23. The molecule has 1 amide bonds. The van der Waals surface area contributed by atoms with Crippen molar-refractivity contribution in [2.75, 3.05) is 12.4 Å². The molecule has 0 saturated carbocycles. The summed E-state index contributed by atoms with van der Waals surface area (Å²) in [7, 11) is 1.55. The van der Waals surface area contributed by atoms with Crippen molar-refractivity contribution in [2.24, 2.45) is 0 Å². The van der Waals surface area contributed by atoms with Crippen molar-refractivity contribution in [1.82, 2.24) is 0 Å². The van der Waals surface area contributed by atoms with E-state index < -0.39 is 0 Å². The highest BCUT2D eigenvalue weighted by Crippen LogP contribution is 2.25. The van der Waals surface area contributed by atoms with E-state index in [0.29, 0.717) is 22.6 Å². The molecule has 0 radical (unpaired) electrons. The minimum absolute atomic E-state index is 0.296. The molecule has 4 heteroatoms. The lowest BCUT2D eigenvalue weighted by atomic mass is 10.1. The normalized spacial score (nSPS) is 10.2. The summed E-state index contributed by atoms with van der Waals surface area (Å²) in [5.74, 6) is -0.0260. The van der Waals surface area contributed by atoms with Gasteiger partial charge in [-0.25, -0.2) is 4.39 Å². The van der Waals surface area contributed by atoms with Crippen LogP contribution in [0.2, 0.25) is 0 Å². The summed E-state index contributed by atoms with van der Waals surface area (Å²) in [6.45, 7) is 3.57. The molecule has 0 bridgehead atoms. The van der Waals surface area contributed by atoms with Crippen LogP contribution in [0.1, 0.15) is 21.5 Å². The van der Waals surface area contributed by atoms with E-state index in [9.17, 15) is 9.18 Å². The number of amides is 1. The molecule has 104 valence electrons. The van der Waals surface area contributed by atoms with Crippen LogP contribution in [0.4, 0.5) is 10.1 Å². The van der Waals surface area contributed by atoms with Crippen LogP contribution in [0.3, 0.4) is 0 Å². The third-order valence-corrected chi connectivity index (χ3v) is 3.03. The second kappa shape index (κ2) is 5.74. The van der Waals surface area contributed by atoms with E-state index in [-0.39, 0.29) is 11.7 Å². The van der Waals surface area contributed by atoms with Crippen molar-refractivity contribution in [2.45, 2.75) is 13.8 Å². The maximum Gasteiger partial charge on any atom is 0.255 e. The fourth-order valence-corrected chi connectivity index (χ4v) is 1.88. The summed E-state index contributed by atoms with van der Waals surface area (Å²) in [6, 6.07) is 9.77. The lowest BCUT2D eigenvalue weighted by Crippen LogP contribution is -2.13. The highest BCUT2D eigenvalue weighted by molar-refractivity contribution is 6.05. The summed E-state index contributed by atoms with van der Waals surface area (Å²) in [4.78, 5) is 12.1. The van der Waals surface area contributed by atoms with Crippen LogP contribution in [-0.4, -0.2) is 13.0 Å². The van der Waals surface area contributed by atoms with E-state index in [2.05, 4.69) is 5.32 Å². The summed E-state index contributed by atoms with van der Waals surface area (Å²) < 4.78 is 18.4. The Balaban J connectivity index is 2.25.